The highest BCUT2D eigenvalue weighted by Crippen LogP contribution is 2.33. The Morgan fingerprint density at radius 1 is 1.35 bits per heavy atom. The van der Waals surface area contributed by atoms with Gasteiger partial charge in [0.2, 0.25) is 0 Å². The van der Waals surface area contributed by atoms with Gasteiger partial charge in [-0.25, -0.2) is 0 Å². The highest BCUT2D eigenvalue weighted by atomic mass is 16.3. The monoisotopic (exact) mass is 232 g/mol. The van der Waals surface area contributed by atoms with Crippen LogP contribution in [-0.2, 0) is 6.42 Å². The maximum atomic E-state index is 10.1. The summed E-state index contributed by atoms with van der Waals surface area (Å²) in [4.78, 5) is 0. The van der Waals surface area contributed by atoms with Gasteiger partial charge in [-0.2, -0.15) is 0 Å². The van der Waals surface area contributed by atoms with Crippen molar-refractivity contribution in [2.75, 3.05) is 6.54 Å². The first-order valence-corrected chi connectivity index (χ1v) is 6.08. The minimum Gasteiger partial charge on any atom is -0.506 e. The van der Waals surface area contributed by atoms with Crippen LogP contribution in [0.15, 0.2) is 18.3 Å². The van der Waals surface area contributed by atoms with E-state index >= 15 is 0 Å². The van der Waals surface area contributed by atoms with E-state index in [1.165, 1.54) is 11.1 Å². The summed E-state index contributed by atoms with van der Waals surface area (Å²) in [6.45, 7) is 6.94. The number of hydrogen-bond donors (Lipinski definition) is 2. The molecular formula is C14H20N2O. The fourth-order valence-electron chi connectivity index (χ4n) is 2.40. The lowest BCUT2D eigenvalue weighted by atomic mass is 10.1. The van der Waals surface area contributed by atoms with Gasteiger partial charge in [0.1, 0.15) is 5.75 Å². The summed E-state index contributed by atoms with van der Waals surface area (Å²) < 4.78 is 2.13. The third-order valence-electron chi connectivity index (χ3n) is 3.21. The SMILES string of the molecule is Cc1ccc(O)c2c1c(CCN)cn2C(C)C. The van der Waals surface area contributed by atoms with Crippen LogP contribution in [0.3, 0.4) is 0 Å². The Hall–Kier alpha value is -1.48. The summed E-state index contributed by atoms with van der Waals surface area (Å²) in [5, 5.41) is 11.2. The van der Waals surface area contributed by atoms with Crippen LogP contribution in [0.5, 0.6) is 5.75 Å². The van der Waals surface area contributed by atoms with E-state index < -0.39 is 0 Å². The molecule has 92 valence electrons. The fourth-order valence-corrected chi connectivity index (χ4v) is 2.40. The maximum absolute atomic E-state index is 10.1. The Morgan fingerprint density at radius 3 is 2.65 bits per heavy atom. The number of hydrogen-bond acceptors (Lipinski definition) is 2. The molecule has 0 aliphatic carbocycles. The van der Waals surface area contributed by atoms with Crippen LogP contribution in [0, 0.1) is 6.92 Å². The summed E-state index contributed by atoms with van der Waals surface area (Å²) in [6, 6.07) is 4.06. The highest BCUT2D eigenvalue weighted by molar-refractivity contribution is 5.91. The fraction of sp³-hybridized carbons (Fsp3) is 0.429. The second kappa shape index (κ2) is 4.41. The number of fused-ring (bicyclic) bond motifs is 1. The Morgan fingerprint density at radius 2 is 2.06 bits per heavy atom. The van der Waals surface area contributed by atoms with Crippen molar-refractivity contribution in [3.63, 3.8) is 0 Å². The van der Waals surface area contributed by atoms with Gasteiger partial charge >= 0.3 is 0 Å². The van der Waals surface area contributed by atoms with Crippen LogP contribution in [-0.4, -0.2) is 16.2 Å². The Kier molecular flexibility index (Phi) is 3.11. The molecular weight excluding hydrogens is 212 g/mol. The van der Waals surface area contributed by atoms with E-state index in [4.69, 9.17) is 5.73 Å². The van der Waals surface area contributed by atoms with E-state index in [0.717, 1.165) is 17.3 Å². The van der Waals surface area contributed by atoms with Crippen LogP contribution in [0.4, 0.5) is 0 Å². The molecule has 0 spiro atoms. The number of phenols is 1. The first-order valence-electron chi connectivity index (χ1n) is 6.08. The van der Waals surface area contributed by atoms with Crippen molar-refractivity contribution < 1.29 is 5.11 Å². The normalized spacial score (nSPS) is 11.6. The van der Waals surface area contributed by atoms with Crippen molar-refractivity contribution in [3.05, 3.63) is 29.5 Å². The van der Waals surface area contributed by atoms with Gasteiger partial charge in [0.15, 0.2) is 0 Å². The van der Waals surface area contributed by atoms with Gasteiger partial charge in [0.05, 0.1) is 5.52 Å². The van der Waals surface area contributed by atoms with E-state index in [-0.39, 0.29) is 0 Å². The standard InChI is InChI=1S/C14H20N2O/c1-9(2)16-8-11(6-7-15)13-10(3)4-5-12(17)14(13)16/h4-5,8-9,17H,6-7,15H2,1-3H3. The molecule has 0 aliphatic rings. The molecule has 0 saturated carbocycles. The predicted octanol–water partition coefficient (Wildman–Crippen LogP) is 2.74. The molecule has 0 amide bonds. The van der Waals surface area contributed by atoms with Crippen molar-refractivity contribution in [2.45, 2.75) is 33.2 Å². The molecule has 0 fully saturated rings. The smallest absolute Gasteiger partial charge is 0.139 e. The maximum Gasteiger partial charge on any atom is 0.139 e. The van der Waals surface area contributed by atoms with E-state index in [9.17, 15) is 5.11 Å². The number of rotatable bonds is 3. The summed E-state index contributed by atoms with van der Waals surface area (Å²) in [7, 11) is 0. The van der Waals surface area contributed by atoms with Crippen LogP contribution < -0.4 is 5.73 Å². The summed E-state index contributed by atoms with van der Waals surface area (Å²) in [6.07, 6.45) is 2.97. The number of aromatic nitrogens is 1. The highest BCUT2D eigenvalue weighted by Gasteiger charge is 2.15. The minimum absolute atomic E-state index is 0.330. The summed E-state index contributed by atoms with van der Waals surface area (Å²) >= 11 is 0. The molecule has 0 saturated heterocycles. The molecule has 1 heterocycles. The van der Waals surface area contributed by atoms with Crippen LogP contribution in [0.1, 0.15) is 31.0 Å². The van der Waals surface area contributed by atoms with Gasteiger partial charge in [0, 0.05) is 17.6 Å². The number of aryl methyl sites for hydroxylation is 1. The quantitative estimate of drug-likeness (QED) is 0.855. The Bertz CT molecular complexity index is 541. The van der Waals surface area contributed by atoms with Gasteiger partial charge in [-0.15, -0.1) is 0 Å². The van der Waals surface area contributed by atoms with E-state index in [1.807, 2.05) is 6.07 Å². The van der Waals surface area contributed by atoms with E-state index in [0.29, 0.717) is 18.3 Å². The van der Waals surface area contributed by atoms with Gasteiger partial charge in [-0.3, -0.25) is 0 Å². The number of phenolic OH excluding ortho intramolecular Hbond substituents is 1. The van der Waals surface area contributed by atoms with E-state index in [2.05, 4.69) is 31.5 Å². The van der Waals surface area contributed by atoms with Gasteiger partial charge in [0.25, 0.3) is 0 Å². The summed E-state index contributed by atoms with van der Waals surface area (Å²) in [5.74, 6) is 0.350. The molecule has 17 heavy (non-hydrogen) atoms. The molecule has 0 bridgehead atoms. The molecule has 0 unspecified atom stereocenters. The van der Waals surface area contributed by atoms with Crippen LogP contribution in [0.25, 0.3) is 10.9 Å². The van der Waals surface area contributed by atoms with Crippen LogP contribution in [0.2, 0.25) is 0 Å². The predicted molar refractivity (Wildman–Crippen MR) is 71.5 cm³/mol. The van der Waals surface area contributed by atoms with Gasteiger partial charge in [-0.05, 0) is 50.9 Å². The largest absolute Gasteiger partial charge is 0.506 e. The molecule has 3 nitrogen and oxygen atoms in total. The van der Waals surface area contributed by atoms with Crippen molar-refractivity contribution >= 4 is 10.9 Å². The molecule has 2 rings (SSSR count). The van der Waals surface area contributed by atoms with E-state index in [1.54, 1.807) is 6.07 Å². The zero-order valence-corrected chi connectivity index (χ0v) is 10.7. The number of benzene rings is 1. The molecule has 3 heteroatoms. The zero-order valence-electron chi connectivity index (χ0n) is 10.7. The zero-order chi connectivity index (χ0) is 12.6. The number of aromatic hydroxyl groups is 1. The Balaban J connectivity index is 2.80. The topological polar surface area (TPSA) is 51.2 Å². The first-order chi connectivity index (χ1) is 8.06. The van der Waals surface area contributed by atoms with Crippen molar-refractivity contribution in [1.82, 2.24) is 4.57 Å². The first kappa shape index (κ1) is 12.0. The Labute approximate surface area is 102 Å². The second-order valence-corrected chi connectivity index (χ2v) is 4.82. The average molecular weight is 232 g/mol. The van der Waals surface area contributed by atoms with Crippen LogP contribution >= 0.6 is 0 Å². The molecule has 0 radical (unpaired) electrons. The average Bonchev–Trinajstić information content (AvgIpc) is 2.65. The second-order valence-electron chi connectivity index (χ2n) is 4.82. The molecule has 3 N–H and O–H groups in total. The van der Waals surface area contributed by atoms with Gasteiger partial charge < -0.3 is 15.4 Å². The summed E-state index contributed by atoms with van der Waals surface area (Å²) in [5.41, 5.74) is 9.01. The number of nitrogens with two attached hydrogens (primary N) is 1. The molecule has 0 aliphatic heterocycles. The molecule has 2 aromatic rings. The van der Waals surface area contributed by atoms with Crippen molar-refractivity contribution in [3.8, 4) is 5.75 Å². The van der Waals surface area contributed by atoms with Crippen molar-refractivity contribution in [2.24, 2.45) is 5.73 Å². The lowest BCUT2D eigenvalue weighted by Crippen LogP contribution is -2.02. The molecule has 1 aromatic heterocycles. The lowest BCUT2D eigenvalue weighted by molar-refractivity contribution is 0.475. The lowest BCUT2D eigenvalue weighted by Gasteiger charge is -2.10. The third kappa shape index (κ3) is 1.91. The van der Waals surface area contributed by atoms with Crippen molar-refractivity contribution in [1.29, 1.82) is 0 Å². The minimum atomic E-state index is 0.330. The third-order valence-corrected chi connectivity index (χ3v) is 3.21. The number of nitrogens with zero attached hydrogens (tertiary/aromatic N) is 1. The van der Waals surface area contributed by atoms with Gasteiger partial charge in [-0.1, -0.05) is 6.07 Å². The molecule has 0 atom stereocenters. The molecule has 1 aromatic carbocycles.